The van der Waals surface area contributed by atoms with Gasteiger partial charge in [0.15, 0.2) is 5.78 Å². The number of nitrogens with zero attached hydrogens (tertiary/aromatic N) is 4. The molecule has 3 heterocycles. The largest absolute Gasteiger partial charge is 0.294 e. The Morgan fingerprint density at radius 2 is 1.76 bits per heavy atom. The van der Waals surface area contributed by atoms with Crippen molar-refractivity contribution in [3.05, 3.63) is 59.7 Å². The highest BCUT2D eigenvalue weighted by atomic mass is 16.1. The van der Waals surface area contributed by atoms with Gasteiger partial charge in [-0.05, 0) is 31.2 Å². The van der Waals surface area contributed by atoms with Crippen LogP contribution in [0, 0.1) is 17.2 Å². The van der Waals surface area contributed by atoms with Crippen LogP contribution < -0.4 is 0 Å². The molecule has 0 amide bonds. The molecule has 0 aliphatic carbocycles. The summed E-state index contributed by atoms with van der Waals surface area (Å²) in [6.07, 6.45) is 7.14. The molecule has 0 N–H and O–H groups in total. The summed E-state index contributed by atoms with van der Waals surface area (Å²) in [7, 11) is 0. The second kappa shape index (κ2) is 6.73. The fraction of sp³-hybridized carbons (Fsp3) is 0.400. The average molecular weight is 332 g/mol. The maximum Gasteiger partial charge on any atom is 0.232 e. The van der Waals surface area contributed by atoms with Gasteiger partial charge in [0.05, 0.1) is 5.56 Å². The highest BCUT2D eigenvalue weighted by molar-refractivity contribution is 5.97. The van der Waals surface area contributed by atoms with Gasteiger partial charge in [-0.3, -0.25) is 9.69 Å². The zero-order valence-corrected chi connectivity index (χ0v) is 14.0. The lowest BCUT2D eigenvalue weighted by Gasteiger charge is -2.38. The van der Waals surface area contributed by atoms with Crippen molar-refractivity contribution in [2.45, 2.75) is 44.3 Å². The predicted molar refractivity (Wildman–Crippen MR) is 92.6 cm³/mol. The molecule has 5 nitrogen and oxygen atoms in total. The minimum atomic E-state index is 0.0426. The molecule has 5 heteroatoms. The van der Waals surface area contributed by atoms with E-state index in [-0.39, 0.29) is 17.5 Å². The molecule has 2 aromatic rings. The van der Waals surface area contributed by atoms with E-state index in [0.717, 1.165) is 19.4 Å². The summed E-state index contributed by atoms with van der Waals surface area (Å²) in [5.74, 6) is 0.274. The number of rotatable bonds is 4. The number of fused-ring (bicyclic) bond motifs is 2. The van der Waals surface area contributed by atoms with Crippen molar-refractivity contribution >= 4 is 5.78 Å². The third kappa shape index (κ3) is 3.18. The van der Waals surface area contributed by atoms with Gasteiger partial charge >= 0.3 is 0 Å². The molecule has 1 aromatic heterocycles. The second-order valence-corrected chi connectivity index (χ2v) is 6.98. The van der Waals surface area contributed by atoms with Crippen LogP contribution in [0.15, 0.2) is 42.7 Å². The minimum absolute atomic E-state index is 0.0426. The van der Waals surface area contributed by atoms with E-state index < -0.39 is 0 Å². The lowest BCUT2D eigenvalue weighted by molar-refractivity contribution is 0.0677. The van der Waals surface area contributed by atoms with Crippen LogP contribution >= 0.6 is 0 Å². The molecule has 2 saturated heterocycles. The Labute approximate surface area is 147 Å². The SMILES string of the molecule is N#Cc1ncc(C(=O)C2CC3CCC(C2)N3Cc2ccccc2)cn1. The molecule has 2 aliphatic rings. The molecule has 25 heavy (non-hydrogen) atoms. The summed E-state index contributed by atoms with van der Waals surface area (Å²) < 4.78 is 0. The van der Waals surface area contributed by atoms with Crippen molar-refractivity contribution in [1.29, 1.82) is 5.26 Å². The number of Topliss-reactive ketones (excluding diaryl/α,β-unsaturated/α-hetero) is 1. The normalized spacial score (nSPS) is 25.5. The summed E-state index contributed by atoms with van der Waals surface area (Å²) in [4.78, 5) is 23.2. The van der Waals surface area contributed by atoms with Crippen molar-refractivity contribution < 1.29 is 4.79 Å². The van der Waals surface area contributed by atoms with Crippen LogP contribution in [0.1, 0.15) is 47.4 Å². The minimum Gasteiger partial charge on any atom is -0.294 e. The van der Waals surface area contributed by atoms with Gasteiger partial charge in [0.1, 0.15) is 6.07 Å². The van der Waals surface area contributed by atoms with E-state index in [1.54, 1.807) is 0 Å². The number of nitriles is 1. The molecule has 2 bridgehead atoms. The average Bonchev–Trinajstić information content (AvgIpc) is 2.90. The van der Waals surface area contributed by atoms with Crippen LogP contribution in [0.25, 0.3) is 0 Å². The summed E-state index contributed by atoms with van der Waals surface area (Å²) in [6, 6.07) is 13.4. The second-order valence-electron chi connectivity index (χ2n) is 6.98. The molecule has 2 atom stereocenters. The Morgan fingerprint density at radius 1 is 1.12 bits per heavy atom. The molecular weight excluding hydrogens is 312 g/mol. The number of ketones is 1. The molecule has 1 aromatic carbocycles. The first-order valence-electron chi connectivity index (χ1n) is 8.80. The topological polar surface area (TPSA) is 69.9 Å². The van der Waals surface area contributed by atoms with Gasteiger partial charge < -0.3 is 0 Å². The van der Waals surface area contributed by atoms with E-state index >= 15 is 0 Å². The van der Waals surface area contributed by atoms with Crippen molar-refractivity contribution in [2.75, 3.05) is 0 Å². The van der Waals surface area contributed by atoms with E-state index in [1.807, 2.05) is 12.1 Å². The Morgan fingerprint density at radius 3 is 2.36 bits per heavy atom. The molecule has 0 saturated carbocycles. The highest BCUT2D eigenvalue weighted by Gasteiger charge is 2.42. The van der Waals surface area contributed by atoms with Crippen LogP contribution in [-0.2, 0) is 6.54 Å². The fourth-order valence-corrected chi connectivity index (χ4v) is 4.29. The van der Waals surface area contributed by atoms with Gasteiger partial charge in [-0.2, -0.15) is 5.26 Å². The monoisotopic (exact) mass is 332 g/mol. The van der Waals surface area contributed by atoms with Crippen LogP contribution in [0.3, 0.4) is 0 Å². The predicted octanol–water partition coefficient (Wildman–Crippen LogP) is 2.97. The summed E-state index contributed by atoms with van der Waals surface area (Å²) in [6.45, 7) is 0.969. The van der Waals surface area contributed by atoms with Gasteiger partial charge in [-0.1, -0.05) is 30.3 Å². The summed E-state index contributed by atoms with van der Waals surface area (Å²) in [5, 5.41) is 8.78. The van der Waals surface area contributed by atoms with Crippen LogP contribution in [0.4, 0.5) is 0 Å². The molecule has 2 aliphatic heterocycles. The zero-order chi connectivity index (χ0) is 17.2. The van der Waals surface area contributed by atoms with Gasteiger partial charge in [-0.25, -0.2) is 9.97 Å². The molecule has 2 unspecified atom stereocenters. The standard InChI is InChI=1S/C20H20N4O/c21-10-19-22-11-16(12-23-19)20(25)15-8-17-6-7-18(9-15)24(17)13-14-4-2-1-3-5-14/h1-5,11-12,15,17-18H,6-9,13H2. The Bertz CT molecular complexity index is 783. The molecule has 0 radical (unpaired) electrons. The van der Waals surface area contributed by atoms with Gasteiger partial charge in [0.2, 0.25) is 5.82 Å². The number of piperidine rings is 1. The smallest absolute Gasteiger partial charge is 0.232 e. The van der Waals surface area contributed by atoms with E-state index in [1.165, 1.54) is 30.8 Å². The molecule has 0 spiro atoms. The van der Waals surface area contributed by atoms with Crippen LogP contribution in [0.2, 0.25) is 0 Å². The first-order chi connectivity index (χ1) is 12.2. The molecular formula is C20H20N4O. The van der Waals surface area contributed by atoms with Crippen LogP contribution in [-0.4, -0.2) is 32.7 Å². The van der Waals surface area contributed by atoms with Gasteiger partial charge in [-0.15, -0.1) is 0 Å². The number of hydrogen-bond acceptors (Lipinski definition) is 5. The number of benzene rings is 1. The quantitative estimate of drug-likeness (QED) is 0.805. The summed E-state index contributed by atoms with van der Waals surface area (Å²) >= 11 is 0. The highest BCUT2D eigenvalue weighted by Crippen LogP contribution is 2.40. The number of hydrogen-bond donors (Lipinski definition) is 0. The first kappa shape index (κ1) is 15.9. The van der Waals surface area contributed by atoms with Crippen molar-refractivity contribution in [3.8, 4) is 6.07 Å². The third-order valence-corrected chi connectivity index (χ3v) is 5.50. The zero-order valence-electron chi connectivity index (χ0n) is 14.0. The van der Waals surface area contributed by atoms with E-state index in [9.17, 15) is 4.79 Å². The number of carbonyl (C=O) groups is 1. The molecule has 2 fully saturated rings. The van der Waals surface area contributed by atoms with Crippen molar-refractivity contribution in [3.63, 3.8) is 0 Å². The third-order valence-electron chi connectivity index (χ3n) is 5.50. The van der Waals surface area contributed by atoms with E-state index in [2.05, 4.69) is 39.1 Å². The number of carbonyl (C=O) groups excluding carboxylic acids is 1. The van der Waals surface area contributed by atoms with Gasteiger partial charge in [0, 0.05) is 36.9 Å². The molecule has 4 rings (SSSR count). The Hall–Kier alpha value is -2.58. The molecule has 126 valence electrons. The van der Waals surface area contributed by atoms with Gasteiger partial charge in [0.25, 0.3) is 0 Å². The van der Waals surface area contributed by atoms with E-state index in [4.69, 9.17) is 5.26 Å². The maximum atomic E-state index is 12.8. The Kier molecular flexibility index (Phi) is 4.29. The lowest BCUT2D eigenvalue weighted by Crippen LogP contribution is -2.44. The Balaban J connectivity index is 1.45. The summed E-state index contributed by atoms with van der Waals surface area (Å²) in [5.41, 5.74) is 1.87. The maximum absolute atomic E-state index is 12.8. The first-order valence-corrected chi connectivity index (χ1v) is 8.80. The van der Waals surface area contributed by atoms with Crippen LogP contribution in [0.5, 0.6) is 0 Å². The van der Waals surface area contributed by atoms with Crippen molar-refractivity contribution in [1.82, 2.24) is 14.9 Å². The fourth-order valence-electron chi connectivity index (χ4n) is 4.29. The van der Waals surface area contributed by atoms with E-state index in [0.29, 0.717) is 17.6 Å². The lowest BCUT2D eigenvalue weighted by atomic mass is 9.85. The number of aromatic nitrogens is 2. The van der Waals surface area contributed by atoms with Crippen molar-refractivity contribution in [2.24, 2.45) is 5.92 Å².